The number of hydrogen-bond acceptors (Lipinski definition) is 3. The van der Waals surface area contributed by atoms with Gasteiger partial charge in [-0.25, -0.2) is 4.98 Å². The van der Waals surface area contributed by atoms with Crippen LogP contribution in [0.1, 0.15) is 39.0 Å². The lowest BCUT2D eigenvalue weighted by atomic mass is 9.83. The minimum atomic E-state index is 0.0872. The fourth-order valence-electron chi connectivity index (χ4n) is 2.10. The standard InChI is InChI=1S/C13H20N2O/c1-9(2)16-11-6-5-10-7-14-8-13(3,4)12(10)15-11/h5-6,9,14H,7-8H2,1-4H3. The van der Waals surface area contributed by atoms with Gasteiger partial charge in [-0.3, -0.25) is 0 Å². The lowest BCUT2D eigenvalue weighted by Gasteiger charge is -2.32. The van der Waals surface area contributed by atoms with Crippen molar-refractivity contribution in [2.24, 2.45) is 0 Å². The molecule has 0 radical (unpaired) electrons. The molecule has 2 heterocycles. The average Bonchev–Trinajstić information content (AvgIpc) is 2.18. The molecule has 2 rings (SSSR count). The first-order valence-electron chi connectivity index (χ1n) is 5.87. The Bertz CT molecular complexity index is 386. The summed E-state index contributed by atoms with van der Waals surface area (Å²) in [6, 6.07) is 4.08. The van der Waals surface area contributed by atoms with Crippen molar-refractivity contribution in [1.29, 1.82) is 0 Å². The number of ether oxygens (including phenoxy) is 1. The summed E-state index contributed by atoms with van der Waals surface area (Å²) < 4.78 is 5.64. The third kappa shape index (κ3) is 2.19. The molecule has 0 saturated heterocycles. The number of aromatic nitrogens is 1. The Morgan fingerprint density at radius 1 is 1.38 bits per heavy atom. The van der Waals surface area contributed by atoms with Crippen LogP contribution >= 0.6 is 0 Å². The van der Waals surface area contributed by atoms with E-state index in [0.29, 0.717) is 0 Å². The Hall–Kier alpha value is -1.09. The van der Waals surface area contributed by atoms with Crippen molar-refractivity contribution in [1.82, 2.24) is 10.3 Å². The van der Waals surface area contributed by atoms with E-state index in [2.05, 4.69) is 30.2 Å². The van der Waals surface area contributed by atoms with Crippen LogP contribution in [0.25, 0.3) is 0 Å². The van der Waals surface area contributed by atoms with Crippen LogP contribution in [-0.4, -0.2) is 17.6 Å². The predicted octanol–water partition coefficient (Wildman–Crippen LogP) is 2.25. The minimum absolute atomic E-state index is 0.0872. The van der Waals surface area contributed by atoms with Gasteiger partial charge in [0.05, 0.1) is 11.8 Å². The first kappa shape index (κ1) is 11.4. The molecular formula is C13H20N2O. The Balaban J connectivity index is 2.35. The predicted molar refractivity (Wildman–Crippen MR) is 64.7 cm³/mol. The molecule has 88 valence electrons. The van der Waals surface area contributed by atoms with Gasteiger partial charge in [-0.2, -0.15) is 0 Å². The van der Waals surface area contributed by atoms with Crippen molar-refractivity contribution in [3.63, 3.8) is 0 Å². The van der Waals surface area contributed by atoms with E-state index in [1.165, 1.54) is 11.3 Å². The molecule has 1 N–H and O–H groups in total. The molecule has 3 heteroatoms. The van der Waals surface area contributed by atoms with Gasteiger partial charge in [0.1, 0.15) is 0 Å². The Kier molecular flexibility index (Phi) is 2.89. The number of pyridine rings is 1. The molecule has 16 heavy (non-hydrogen) atoms. The van der Waals surface area contributed by atoms with E-state index in [4.69, 9.17) is 4.74 Å². The van der Waals surface area contributed by atoms with Crippen LogP contribution in [0.3, 0.4) is 0 Å². The van der Waals surface area contributed by atoms with Crippen molar-refractivity contribution in [3.8, 4) is 5.88 Å². The highest BCUT2D eigenvalue weighted by Gasteiger charge is 2.29. The van der Waals surface area contributed by atoms with Gasteiger partial charge in [0.15, 0.2) is 0 Å². The number of rotatable bonds is 2. The van der Waals surface area contributed by atoms with Crippen LogP contribution in [0.15, 0.2) is 12.1 Å². The van der Waals surface area contributed by atoms with Gasteiger partial charge >= 0.3 is 0 Å². The summed E-state index contributed by atoms with van der Waals surface area (Å²) in [5.41, 5.74) is 2.54. The molecule has 1 aromatic rings. The smallest absolute Gasteiger partial charge is 0.213 e. The largest absolute Gasteiger partial charge is 0.475 e. The van der Waals surface area contributed by atoms with Gasteiger partial charge in [-0.1, -0.05) is 19.9 Å². The van der Waals surface area contributed by atoms with Gasteiger partial charge in [0.2, 0.25) is 5.88 Å². The topological polar surface area (TPSA) is 34.1 Å². The molecule has 0 unspecified atom stereocenters. The Labute approximate surface area is 97.2 Å². The highest BCUT2D eigenvalue weighted by Crippen LogP contribution is 2.29. The van der Waals surface area contributed by atoms with E-state index >= 15 is 0 Å². The first-order chi connectivity index (χ1) is 7.49. The summed E-state index contributed by atoms with van der Waals surface area (Å²) in [7, 11) is 0. The monoisotopic (exact) mass is 220 g/mol. The molecule has 0 saturated carbocycles. The molecule has 0 spiro atoms. The van der Waals surface area contributed by atoms with Gasteiger partial charge in [0.25, 0.3) is 0 Å². The molecule has 0 amide bonds. The van der Waals surface area contributed by atoms with Crippen LogP contribution in [0.4, 0.5) is 0 Å². The van der Waals surface area contributed by atoms with E-state index in [1.54, 1.807) is 0 Å². The zero-order valence-electron chi connectivity index (χ0n) is 10.5. The van der Waals surface area contributed by atoms with Crippen molar-refractivity contribution >= 4 is 0 Å². The normalized spacial score (nSPS) is 18.3. The first-order valence-corrected chi connectivity index (χ1v) is 5.87. The van der Waals surface area contributed by atoms with Crippen LogP contribution in [0, 0.1) is 0 Å². The second-order valence-corrected chi connectivity index (χ2v) is 5.31. The van der Waals surface area contributed by atoms with E-state index in [1.807, 2.05) is 19.9 Å². The molecule has 1 aromatic heterocycles. The van der Waals surface area contributed by atoms with Crippen molar-refractivity contribution in [3.05, 3.63) is 23.4 Å². The lowest BCUT2D eigenvalue weighted by molar-refractivity contribution is 0.230. The number of fused-ring (bicyclic) bond motifs is 1. The Morgan fingerprint density at radius 3 is 2.81 bits per heavy atom. The maximum Gasteiger partial charge on any atom is 0.213 e. The van der Waals surface area contributed by atoms with Crippen LogP contribution < -0.4 is 10.1 Å². The summed E-state index contributed by atoms with van der Waals surface area (Å²) in [4.78, 5) is 4.64. The van der Waals surface area contributed by atoms with Crippen LogP contribution in [0.5, 0.6) is 5.88 Å². The summed E-state index contributed by atoms with van der Waals surface area (Å²) >= 11 is 0. The molecule has 0 bridgehead atoms. The highest BCUT2D eigenvalue weighted by atomic mass is 16.5. The van der Waals surface area contributed by atoms with E-state index < -0.39 is 0 Å². The number of nitrogens with zero attached hydrogens (tertiary/aromatic N) is 1. The lowest BCUT2D eigenvalue weighted by Crippen LogP contribution is -2.39. The molecular weight excluding hydrogens is 200 g/mol. The summed E-state index contributed by atoms with van der Waals surface area (Å²) in [5, 5.41) is 3.41. The zero-order valence-corrected chi connectivity index (χ0v) is 10.5. The zero-order chi connectivity index (χ0) is 11.8. The summed E-state index contributed by atoms with van der Waals surface area (Å²) in [5.74, 6) is 0.740. The third-order valence-electron chi connectivity index (χ3n) is 2.83. The molecule has 0 aliphatic carbocycles. The van der Waals surface area contributed by atoms with E-state index in [0.717, 1.165) is 19.0 Å². The van der Waals surface area contributed by atoms with Gasteiger partial charge < -0.3 is 10.1 Å². The van der Waals surface area contributed by atoms with Gasteiger partial charge in [0, 0.05) is 24.6 Å². The van der Waals surface area contributed by atoms with Crippen LogP contribution in [-0.2, 0) is 12.0 Å². The van der Waals surface area contributed by atoms with Crippen molar-refractivity contribution < 1.29 is 4.74 Å². The fraction of sp³-hybridized carbons (Fsp3) is 0.615. The SMILES string of the molecule is CC(C)Oc1ccc2c(n1)C(C)(C)CNC2. The quantitative estimate of drug-likeness (QED) is 0.830. The number of nitrogens with one attached hydrogen (secondary N) is 1. The molecule has 1 aliphatic rings. The fourth-order valence-corrected chi connectivity index (χ4v) is 2.10. The van der Waals surface area contributed by atoms with Gasteiger partial charge in [-0.05, 0) is 19.4 Å². The second kappa shape index (κ2) is 4.06. The number of hydrogen-bond donors (Lipinski definition) is 1. The highest BCUT2D eigenvalue weighted by molar-refractivity contribution is 5.33. The minimum Gasteiger partial charge on any atom is -0.475 e. The maximum absolute atomic E-state index is 5.64. The maximum atomic E-state index is 5.64. The molecule has 1 aliphatic heterocycles. The van der Waals surface area contributed by atoms with Gasteiger partial charge in [-0.15, -0.1) is 0 Å². The Morgan fingerprint density at radius 2 is 2.12 bits per heavy atom. The summed E-state index contributed by atoms with van der Waals surface area (Å²) in [6.45, 7) is 10.3. The third-order valence-corrected chi connectivity index (χ3v) is 2.83. The van der Waals surface area contributed by atoms with Crippen LogP contribution in [0.2, 0.25) is 0 Å². The second-order valence-electron chi connectivity index (χ2n) is 5.31. The van der Waals surface area contributed by atoms with Crippen molar-refractivity contribution in [2.75, 3.05) is 6.54 Å². The average molecular weight is 220 g/mol. The molecule has 0 atom stereocenters. The van der Waals surface area contributed by atoms with E-state index in [-0.39, 0.29) is 11.5 Å². The van der Waals surface area contributed by atoms with Crippen molar-refractivity contribution in [2.45, 2.75) is 45.8 Å². The molecule has 0 fully saturated rings. The molecule has 0 aromatic carbocycles. The molecule has 3 nitrogen and oxygen atoms in total. The summed E-state index contributed by atoms with van der Waals surface area (Å²) in [6.07, 6.45) is 0.176. The van der Waals surface area contributed by atoms with E-state index in [9.17, 15) is 0 Å².